The van der Waals surface area contributed by atoms with Gasteiger partial charge in [0.05, 0.1) is 11.8 Å². The fourth-order valence-electron chi connectivity index (χ4n) is 2.84. The number of amides is 1. The molecule has 2 aromatic rings. The summed E-state index contributed by atoms with van der Waals surface area (Å²) in [4.78, 5) is 25.9. The maximum absolute atomic E-state index is 12.3. The second kappa shape index (κ2) is 5.57. The smallest absolute Gasteiger partial charge is 0.331 e. The molecule has 1 N–H and O–H groups in total. The summed E-state index contributed by atoms with van der Waals surface area (Å²) in [5, 5.41) is 17.6. The molecule has 0 spiro atoms. The maximum atomic E-state index is 12.3. The van der Waals surface area contributed by atoms with Crippen molar-refractivity contribution < 1.29 is 14.7 Å². The average Bonchev–Trinajstić information content (AvgIpc) is 3.18. The van der Waals surface area contributed by atoms with E-state index in [9.17, 15) is 14.7 Å². The summed E-state index contributed by atoms with van der Waals surface area (Å²) >= 11 is 1.48. The van der Waals surface area contributed by atoms with Gasteiger partial charge in [0.2, 0.25) is 0 Å². The molecule has 2 aromatic heterocycles. The Hall–Kier alpha value is -2.15. The first-order valence-corrected chi connectivity index (χ1v) is 8.04. The van der Waals surface area contributed by atoms with Crippen molar-refractivity contribution in [3.63, 3.8) is 0 Å². The van der Waals surface area contributed by atoms with Gasteiger partial charge in [0.15, 0.2) is 5.54 Å². The molecule has 0 aromatic carbocycles. The Balaban J connectivity index is 1.79. The van der Waals surface area contributed by atoms with Gasteiger partial charge in [-0.25, -0.2) is 4.79 Å². The zero-order chi connectivity index (χ0) is 15.7. The maximum Gasteiger partial charge on any atom is 0.331 e. The zero-order valence-corrected chi connectivity index (χ0v) is 13.0. The molecular formula is C15H17N3O3S. The van der Waals surface area contributed by atoms with Gasteiger partial charge in [-0.15, -0.1) is 0 Å². The Labute approximate surface area is 132 Å². The van der Waals surface area contributed by atoms with Crippen LogP contribution in [-0.2, 0) is 10.3 Å². The second-order valence-electron chi connectivity index (χ2n) is 5.60. The predicted octanol–water partition coefficient (Wildman–Crippen LogP) is 1.97. The summed E-state index contributed by atoms with van der Waals surface area (Å²) in [5.74, 6) is -0.921. The minimum Gasteiger partial charge on any atom is -0.479 e. The number of aromatic nitrogens is 2. The summed E-state index contributed by atoms with van der Waals surface area (Å²) < 4.78 is 1.54. The third kappa shape index (κ3) is 2.41. The van der Waals surface area contributed by atoms with E-state index in [4.69, 9.17) is 0 Å². The molecule has 0 atom stereocenters. The lowest BCUT2D eigenvalue weighted by Gasteiger charge is -2.38. The van der Waals surface area contributed by atoms with Gasteiger partial charge in [-0.1, -0.05) is 0 Å². The predicted molar refractivity (Wildman–Crippen MR) is 82.0 cm³/mol. The van der Waals surface area contributed by atoms with Crippen LogP contribution in [0.2, 0.25) is 0 Å². The quantitative estimate of drug-likeness (QED) is 0.938. The van der Waals surface area contributed by atoms with Crippen molar-refractivity contribution in [1.82, 2.24) is 14.7 Å². The summed E-state index contributed by atoms with van der Waals surface area (Å²) in [6.07, 6.45) is 4.14. The number of nitrogens with zero attached hydrogens (tertiary/aromatic N) is 3. The molecule has 3 heterocycles. The molecule has 7 heteroatoms. The number of carbonyl (C=O) groups excluding carboxylic acids is 1. The molecule has 3 rings (SSSR count). The molecule has 0 aliphatic carbocycles. The molecule has 1 aliphatic heterocycles. The summed E-state index contributed by atoms with van der Waals surface area (Å²) in [6, 6.07) is 1.79. The lowest BCUT2D eigenvalue weighted by Crippen LogP contribution is -2.52. The molecule has 0 saturated carbocycles. The highest BCUT2D eigenvalue weighted by atomic mass is 32.1. The first-order chi connectivity index (χ1) is 10.5. The molecule has 116 valence electrons. The first-order valence-electron chi connectivity index (χ1n) is 7.09. The van der Waals surface area contributed by atoms with E-state index in [1.165, 1.54) is 16.0 Å². The molecule has 1 aliphatic rings. The first kappa shape index (κ1) is 14.8. The highest BCUT2D eigenvalue weighted by Gasteiger charge is 2.45. The number of hydrogen-bond acceptors (Lipinski definition) is 4. The molecule has 1 saturated heterocycles. The van der Waals surface area contributed by atoms with Crippen LogP contribution in [-0.4, -0.2) is 44.8 Å². The minimum absolute atomic E-state index is 0.0307. The van der Waals surface area contributed by atoms with E-state index >= 15 is 0 Å². The SMILES string of the molecule is Cc1cnn(C2(C(=O)O)CCN(C(=O)c3ccsc3)CC2)c1. The Morgan fingerprint density at radius 2 is 2.09 bits per heavy atom. The van der Waals surface area contributed by atoms with Crippen LogP contribution in [0, 0.1) is 6.92 Å². The van der Waals surface area contributed by atoms with Crippen molar-refractivity contribution in [2.24, 2.45) is 0 Å². The number of rotatable bonds is 3. The van der Waals surface area contributed by atoms with Crippen LogP contribution in [0.15, 0.2) is 29.2 Å². The van der Waals surface area contributed by atoms with Gasteiger partial charge in [0.1, 0.15) is 0 Å². The average molecular weight is 319 g/mol. The van der Waals surface area contributed by atoms with Crippen LogP contribution in [0.1, 0.15) is 28.8 Å². The van der Waals surface area contributed by atoms with Gasteiger partial charge < -0.3 is 10.0 Å². The lowest BCUT2D eigenvalue weighted by atomic mass is 9.87. The van der Waals surface area contributed by atoms with Gasteiger partial charge in [-0.2, -0.15) is 16.4 Å². The normalized spacial score (nSPS) is 17.4. The van der Waals surface area contributed by atoms with Crippen molar-refractivity contribution in [2.75, 3.05) is 13.1 Å². The molecule has 6 nitrogen and oxygen atoms in total. The van der Waals surface area contributed by atoms with Crippen LogP contribution in [0.5, 0.6) is 0 Å². The molecular weight excluding hydrogens is 302 g/mol. The van der Waals surface area contributed by atoms with Gasteiger partial charge in [0, 0.05) is 37.5 Å². The summed E-state index contributed by atoms with van der Waals surface area (Å²) in [6.45, 7) is 2.72. The lowest BCUT2D eigenvalue weighted by molar-refractivity contribution is -0.150. The Morgan fingerprint density at radius 1 is 1.36 bits per heavy atom. The fourth-order valence-corrected chi connectivity index (χ4v) is 3.47. The molecule has 0 radical (unpaired) electrons. The third-order valence-electron chi connectivity index (χ3n) is 4.19. The second-order valence-corrected chi connectivity index (χ2v) is 6.38. The van der Waals surface area contributed by atoms with Crippen molar-refractivity contribution in [3.05, 3.63) is 40.3 Å². The van der Waals surface area contributed by atoms with Gasteiger partial charge in [-0.3, -0.25) is 9.48 Å². The van der Waals surface area contributed by atoms with Crippen LogP contribution in [0.4, 0.5) is 0 Å². The number of carbonyl (C=O) groups is 2. The van der Waals surface area contributed by atoms with Gasteiger partial charge in [-0.05, 0) is 23.9 Å². The van der Waals surface area contributed by atoms with E-state index in [1.807, 2.05) is 17.7 Å². The highest BCUT2D eigenvalue weighted by Crippen LogP contribution is 2.31. The number of thiophene rings is 1. The monoisotopic (exact) mass is 319 g/mol. The number of carboxylic acid groups (broad SMARTS) is 1. The van der Waals surface area contributed by atoms with Crippen LogP contribution in [0.25, 0.3) is 0 Å². The van der Waals surface area contributed by atoms with Gasteiger partial charge >= 0.3 is 5.97 Å². The molecule has 22 heavy (non-hydrogen) atoms. The van der Waals surface area contributed by atoms with E-state index in [0.29, 0.717) is 31.5 Å². The number of hydrogen-bond donors (Lipinski definition) is 1. The van der Waals surface area contributed by atoms with E-state index < -0.39 is 11.5 Å². The van der Waals surface area contributed by atoms with Crippen LogP contribution in [0.3, 0.4) is 0 Å². The molecule has 0 unspecified atom stereocenters. The van der Waals surface area contributed by atoms with Crippen molar-refractivity contribution >= 4 is 23.2 Å². The van der Waals surface area contributed by atoms with E-state index in [1.54, 1.807) is 23.4 Å². The molecule has 1 fully saturated rings. The van der Waals surface area contributed by atoms with Crippen LogP contribution < -0.4 is 0 Å². The number of aliphatic carboxylic acids is 1. The van der Waals surface area contributed by atoms with E-state index in [-0.39, 0.29) is 5.91 Å². The fraction of sp³-hybridized carbons (Fsp3) is 0.400. The third-order valence-corrected chi connectivity index (χ3v) is 4.88. The standard InChI is InChI=1S/C15H17N3O3S/c1-11-8-16-18(9-11)15(14(20)21)3-5-17(6-4-15)13(19)12-2-7-22-10-12/h2,7-10H,3-6H2,1H3,(H,20,21). The number of piperidine rings is 1. The molecule has 1 amide bonds. The largest absolute Gasteiger partial charge is 0.479 e. The molecule has 0 bridgehead atoms. The highest BCUT2D eigenvalue weighted by molar-refractivity contribution is 7.08. The Morgan fingerprint density at radius 3 is 2.59 bits per heavy atom. The minimum atomic E-state index is -1.06. The van der Waals surface area contributed by atoms with Crippen molar-refractivity contribution in [3.8, 4) is 0 Å². The number of aryl methyl sites for hydroxylation is 1. The Bertz CT molecular complexity index is 685. The zero-order valence-electron chi connectivity index (χ0n) is 12.2. The van der Waals surface area contributed by atoms with E-state index in [0.717, 1.165) is 5.56 Å². The van der Waals surface area contributed by atoms with E-state index in [2.05, 4.69) is 5.10 Å². The topological polar surface area (TPSA) is 75.4 Å². The van der Waals surface area contributed by atoms with Gasteiger partial charge in [0.25, 0.3) is 5.91 Å². The number of carboxylic acids is 1. The summed E-state index contributed by atoms with van der Waals surface area (Å²) in [7, 11) is 0. The van der Waals surface area contributed by atoms with Crippen molar-refractivity contribution in [1.29, 1.82) is 0 Å². The van der Waals surface area contributed by atoms with Crippen LogP contribution >= 0.6 is 11.3 Å². The number of likely N-dealkylation sites (tertiary alicyclic amines) is 1. The summed E-state index contributed by atoms with van der Waals surface area (Å²) in [5.41, 5.74) is 0.542. The van der Waals surface area contributed by atoms with Crippen molar-refractivity contribution in [2.45, 2.75) is 25.3 Å². The Kier molecular flexibility index (Phi) is 3.74.